The van der Waals surface area contributed by atoms with E-state index in [2.05, 4.69) is 18.2 Å². The molecule has 0 N–H and O–H groups in total. The van der Waals surface area contributed by atoms with Crippen LogP contribution in [0.3, 0.4) is 0 Å². The summed E-state index contributed by atoms with van der Waals surface area (Å²) in [4.78, 5) is 26.5. The molecule has 3 aliphatic rings. The van der Waals surface area contributed by atoms with Gasteiger partial charge in [0.1, 0.15) is 0 Å². The second kappa shape index (κ2) is 4.29. The summed E-state index contributed by atoms with van der Waals surface area (Å²) < 4.78 is 0. The smallest absolute Gasteiger partial charge is 0.234 e. The summed E-state index contributed by atoms with van der Waals surface area (Å²) in [7, 11) is 0. The Hall–Kier alpha value is -2.41. The predicted molar refractivity (Wildman–Crippen MR) is 74.4 cm³/mol. The summed E-state index contributed by atoms with van der Waals surface area (Å²) in [5.74, 6) is 0.194. The Morgan fingerprint density at radius 1 is 1.05 bits per heavy atom. The van der Waals surface area contributed by atoms with Gasteiger partial charge in [0.2, 0.25) is 11.8 Å². The molecule has 4 rings (SSSR count). The molecule has 1 saturated heterocycles. The van der Waals surface area contributed by atoms with Gasteiger partial charge >= 0.3 is 0 Å². The molecule has 21 heavy (non-hydrogen) atoms. The van der Waals surface area contributed by atoms with E-state index < -0.39 is 0 Å². The van der Waals surface area contributed by atoms with Crippen LogP contribution < -0.4 is 0 Å². The van der Waals surface area contributed by atoms with Crippen LogP contribution in [-0.4, -0.2) is 16.7 Å². The number of rotatable bonds is 2. The van der Waals surface area contributed by atoms with Gasteiger partial charge in [-0.2, -0.15) is 5.26 Å². The van der Waals surface area contributed by atoms with Gasteiger partial charge in [0.05, 0.1) is 30.0 Å². The highest BCUT2D eigenvalue weighted by Gasteiger charge is 2.59. The van der Waals surface area contributed by atoms with E-state index in [1.54, 1.807) is 24.3 Å². The molecule has 4 heteroatoms. The standard InChI is InChI=1S/C17H14N2O2/c18-8-10-1-3-11(4-2-10)9-19-16(20)14-12-5-6-13(7-12)15(14)17(19)21/h1-6,12-15H,7,9H2/t12-,13-,14+,15+/m0/s1. The summed E-state index contributed by atoms with van der Waals surface area (Å²) in [5, 5.41) is 8.80. The van der Waals surface area contributed by atoms with Gasteiger partial charge in [-0.25, -0.2) is 0 Å². The Labute approximate surface area is 122 Å². The minimum Gasteiger partial charge on any atom is -0.278 e. The lowest BCUT2D eigenvalue weighted by Gasteiger charge is -2.17. The maximum absolute atomic E-state index is 12.5. The highest BCUT2D eigenvalue weighted by molar-refractivity contribution is 6.06. The van der Waals surface area contributed by atoms with Gasteiger partial charge in [-0.15, -0.1) is 0 Å². The number of fused-ring (bicyclic) bond motifs is 5. The maximum atomic E-state index is 12.5. The molecule has 1 aromatic carbocycles. The predicted octanol–water partition coefficient (Wildman–Crippen LogP) is 1.87. The number of benzene rings is 1. The minimum atomic E-state index is -0.133. The third-order valence-corrected chi connectivity index (χ3v) is 4.99. The first kappa shape index (κ1) is 12.3. The quantitative estimate of drug-likeness (QED) is 0.613. The summed E-state index contributed by atoms with van der Waals surface area (Å²) in [6, 6.07) is 9.10. The van der Waals surface area contributed by atoms with E-state index in [4.69, 9.17) is 5.26 Å². The zero-order valence-electron chi connectivity index (χ0n) is 11.4. The van der Waals surface area contributed by atoms with E-state index in [9.17, 15) is 9.59 Å². The molecular formula is C17H14N2O2. The molecule has 0 aromatic heterocycles. The number of nitrogens with zero attached hydrogens (tertiary/aromatic N) is 2. The van der Waals surface area contributed by atoms with Crippen LogP contribution >= 0.6 is 0 Å². The number of imide groups is 1. The molecule has 1 aliphatic heterocycles. The first-order valence-electron chi connectivity index (χ1n) is 7.21. The molecule has 2 amide bonds. The van der Waals surface area contributed by atoms with E-state index in [1.807, 2.05) is 0 Å². The number of hydrogen-bond acceptors (Lipinski definition) is 3. The van der Waals surface area contributed by atoms with E-state index >= 15 is 0 Å². The molecule has 1 saturated carbocycles. The maximum Gasteiger partial charge on any atom is 0.234 e. The van der Waals surface area contributed by atoms with Gasteiger partial charge in [-0.05, 0) is 36.0 Å². The molecule has 0 unspecified atom stereocenters. The number of hydrogen-bond donors (Lipinski definition) is 0. The number of carbonyl (C=O) groups is 2. The molecular weight excluding hydrogens is 264 g/mol. The van der Waals surface area contributed by atoms with Crippen molar-refractivity contribution < 1.29 is 9.59 Å². The molecule has 104 valence electrons. The van der Waals surface area contributed by atoms with E-state index in [1.165, 1.54) is 4.90 Å². The summed E-state index contributed by atoms with van der Waals surface area (Å²) in [6.45, 7) is 0.315. The van der Waals surface area contributed by atoms with Crippen molar-refractivity contribution in [3.05, 3.63) is 47.5 Å². The average Bonchev–Trinajstić information content (AvgIpc) is 3.18. The Balaban J connectivity index is 1.58. The van der Waals surface area contributed by atoms with Crippen LogP contribution in [0.1, 0.15) is 17.5 Å². The van der Waals surface area contributed by atoms with Gasteiger partial charge in [0, 0.05) is 0 Å². The van der Waals surface area contributed by atoms with Crippen LogP contribution in [0.2, 0.25) is 0 Å². The van der Waals surface area contributed by atoms with Gasteiger partial charge in [0.15, 0.2) is 0 Å². The monoisotopic (exact) mass is 278 g/mol. The minimum absolute atomic E-state index is 0.0220. The topological polar surface area (TPSA) is 61.2 Å². The summed E-state index contributed by atoms with van der Waals surface area (Å²) >= 11 is 0. The lowest BCUT2D eigenvalue weighted by molar-refractivity contribution is -0.141. The molecule has 2 bridgehead atoms. The van der Waals surface area contributed by atoms with Crippen LogP contribution in [0.4, 0.5) is 0 Å². The molecule has 1 aromatic rings. The fourth-order valence-corrected chi connectivity index (χ4v) is 3.99. The molecule has 4 nitrogen and oxygen atoms in total. The molecule has 4 atom stereocenters. The van der Waals surface area contributed by atoms with Crippen molar-refractivity contribution in [3.8, 4) is 6.07 Å². The number of carbonyl (C=O) groups excluding carboxylic acids is 2. The second-order valence-electron chi connectivity index (χ2n) is 6.07. The van der Waals surface area contributed by atoms with E-state index in [0.717, 1.165) is 12.0 Å². The first-order chi connectivity index (χ1) is 10.2. The van der Waals surface area contributed by atoms with Crippen LogP contribution in [0, 0.1) is 35.0 Å². The molecule has 1 heterocycles. The van der Waals surface area contributed by atoms with Crippen LogP contribution in [0.25, 0.3) is 0 Å². The van der Waals surface area contributed by atoms with Crippen molar-refractivity contribution >= 4 is 11.8 Å². The fourth-order valence-electron chi connectivity index (χ4n) is 3.99. The Morgan fingerprint density at radius 3 is 2.14 bits per heavy atom. The summed E-state index contributed by atoms with van der Waals surface area (Å²) in [6.07, 6.45) is 5.15. The van der Waals surface area contributed by atoms with Crippen molar-refractivity contribution in [1.82, 2.24) is 4.90 Å². The molecule has 0 radical (unpaired) electrons. The average molecular weight is 278 g/mol. The summed E-state index contributed by atoms with van der Waals surface area (Å²) in [5.41, 5.74) is 1.47. The molecule has 0 spiro atoms. The van der Waals surface area contributed by atoms with E-state index in [0.29, 0.717) is 12.1 Å². The first-order valence-corrected chi connectivity index (χ1v) is 7.21. The van der Waals surface area contributed by atoms with Gasteiger partial charge < -0.3 is 0 Å². The van der Waals surface area contributed by atoms with Crippen molar-refractivity contribution in [2.75, 3.05) is 0 Å². The Morgan fingerprint density at radius 2 is 1.62 bits per heavy atom. The number of allylic oxidation sites excluding steroid dienone is 2. The van der Waals surface area contributed by atoms with Gasteiger partial charge in [0.25, 0.3) is 0 Å². The molecule has 2 aliphatic carbocycles. The lowest BCUT2D eigenvalue weighted by atomic mass is 9.85. The Bertz CT molecular complexity index is 668. The van der Waals surface area contributed by atoms with Crippen molar-refractivity contribution in [1.29, 1.82) is 5.26 Å². The van der Waals surface area contributed by atoms with Crippen molar-refractivity contribution in [3.63, 3.8) is 0 Å². The van der Waals surface area contributed by atoms with Gasteiger partial charge in [-0.3, -0.25) is 14.5 Å². The SMILES string of the molecule is N#Cc1ccc(CN2C(=O)[C@H]3[C@H](C2=O)[C@H]2C=C[C@H]3C2)cc1. The third-order valence-electron chi connectivity index (χ3n) is 4.99. The van der Waals surface area contributed by atoms with Crippen LogP contribution in [-0.2, 0) is 16.1 Å². The lowest BCUT2D eigenvalue weighted by Crippen LogP contribution is -2.32. The molecule has 2 fully saturated rings. The number of likely N-dealkylation sites (tertiary alicyclic amines) is 1. The highest BCUT2D eigenvalue weighted by Crippen LogP contribution is 2.52. The largest absolute Gasteiger partial charge is 0.278 e. The normalized spacial score (nSPS) is 32.6. The highest BCUT2D eigenvalue weighted by atomic mass is 16.2. The van der Waals surface area contributed by atoms with Crippen molar-refractivity contribution in [2.45, 2.75) is 13.0 Å². The second-order valence-corrected chi connectivity index (χ2v) is 6.07. The Kier molecular flexibility index (Phi) is 2.52. The zero-order chi connectivity index (χ0) is 14.6. The van der Waals surface area contributed by atoms with Crippen LogP contribution in [0.15, 0.2) is 36.4 Å². The van der Waals surface area contributed by atoms with E-state index in [-0.39, 0.29) is 35.5 Å². The zero-order valence-corrected chi connectivity index (χ0v) is 11.4. The third kappa shape index (κ3) is 1.67. The number of nitriles is 1. The van der Waals surface area contributed by atoms with Crippen LogP contribution in [0.5, 0.6) is 0 Å². The van der Waals surface area contributed by atoms with Gasteiger partial charge in [-0.1, -0.05) is 24.3 Å². The fraction of sp³-hybridized carbons (Fsp3) is 0.353. The van der Waals surface area contributed by atoms with Crippen molar-refractivity contribution in [2.24, 2.45) is 23.7 Å². The number of amides is 2.